The van der Waals surface area contributed by atoms with Gasteiger partial charge in [0, 0.05) is 22.9 Å². The second-order valence-corrected chi connectivity index (χ2v) is 7.98. The Morgan fingerprint density at radius 3 is 2.45 bits per heavy atom. The second kappa shape index (κ2) is 9.27. The number of hydrogen-bond acceptors (Lipinski definition) is 5. The topological polar surface area (TPSA) is 61.0 Å². The number of aromatic nitrogens is 3. The fourth-order valence-corrected chi connectivity index (χ4v) is 3.60. The summed E-state index contributed by atoms with van der Waals surface area (Å²) in [5.74, 6) is 1.73. The molecule has 5 rings (SSSR count). The third kappa shape index (κ3) is 4.94. The van der Waals surface area contributed by atoms with Crippen LogP contribution in [0.25, 0.3) is 22.6 Å². The van der Waals surface area contributed by atoms with Crippen LogP contribution in [-0.4, -0.2) is 15.2 Å². The molecule has 0 fully saturated rings. The number of rotatable bonds is 6. The molecule has 0 saturated heterocycles. The fourth-order valence-electron chi connectivity index (χ4n) is 3.48. The van der Waals surface area contributed by atoms with Crippen LogP contribution in [0.5, 0.6) is 5.75 Å². The minimum absolute atomic E-state index is 0.400. The van der Waals surface area contributed by atoms with Crippen LogP contribution in [-0.2, 0) is 6.61 Å². The lowest BCUT2D eigenvalue weighted by atomic mass is 10.0. The van der Waals surface area contributed by atoms with E-state index in [4.69, 9.17) is 20.8 Å². The molecule has 2 heterocycles. The van der Waals surface area contributed by atoms with Gasteiger partial charge in [-0.05, 0) is 53.6 Å². The van der Waals surface area contributed by atoms with Gasteiger partial charge in [-0.15, -0.1) is 10.2 Å². The van der Waals surface area contributed by atoms with E-state index in [0.717, 1.165) is 39.0 Å². The van der Waals surface area contributed by atoms with Crippen LogP contribution in [0.1, 0.15) is 28.6 Å². The minimum atomic E-state index is 0.400. The summed E-state index contributed by atoms with van der Waals surface area (Å²) < 4.78 is 11.6. The van der Waals surface area contributed by atoms with Crippen LogP contribution in [0.4, 0.5) is 0 Å². The van der Waals surface area contributed by atoms with Crippen molar-refractivity contribution in [1.82, 2.24) is 15.2 Å². The van der Waals surface area contributed by atoms with E-state index in [1.54, 1.807) is 6.92 Å². The maximum Gasteiger partial charge on any atom is 0.248 e. The zero-order valence-corrected chi connectivity index (χ0v) is 18.7. The number of para-hydroxylation sites is 1. The number of aryl methyl sites for hydroxylation is 1. The zero-order chi connectivity index (χ0) is 22.6. The van der Waals surface area contributed by atoms with E-state index in [9.17, 15) is 0 Å². The Balaban J connectivity index is 1.35. The second-order valence-electron chi connectivity index (χ2n) is 7.54. The summed E-state index contributed by atoms with van der Waals surface area (Å²) in [6.07, 6.45) is 2.00. The van der Waals surface area contributed by atoms with Gasteiger partial charge in [-0.3, -0.25) is 0 Å². The van der Waals surface area contributed by atoms with Crippen LogP contribution in [0.15, 0.2) is 89.3 Å². The van der Waals surface area contributed by atoms with Crippen molar-refractivity contribution < 1.29 is 9.15 Å². The molecule has 33 heavy (non-hydrogen) atoms. The summed E-state index contributed by atoms with van der Waals surface area (Å²) in [5, 5.41) is 9.95. The van der Waals surface area contributed by atoms with E-state index >= 15 is 0 Å². The van der Waals surface area contributed by atoms with Gasteiger partial charge in [-0.25, -0.2) is 4.98 Å². The normalized spacial score (nSPS) is 11.6. The highest BCUT2D eigenvalue weighted by atomic mass is 35.5. The highest BCUT2D eigenvalue weighted by Gasteiger charge is 2.12. The number of ether oxygens (including phenoxy) is 1. The zero-order valence-electron chi connectivity index (χ0n) is 17.9. The fraction of sp³-hybridized carbons (Fsp3) is 0.0741. The monoisotopic (exact) mass is 453 g/mol. The van der Waals surface area contributed by atoms with Crippen LogP contribution in [0.2, 0.25) is 5.02 Å². The van der Waals surface area contributed by atoms with Crippen LogP contribution in [0, 0.1) is 6.92 Å². The molecule has 0 spiro atoms. The molecule has 0 N–H and O–H groups in total. The van der Waals surface area contributed by atoms with Crippen LogP contribution in [0.3, 0.4) is 0 Å². The SMILES string of the molecule is Cc1nnc(C(=Cc2ccc(OCc3ccc4ccccc4n3)cc2)c2ccc(Cl)cc2)o1. The van der Waals surface area contributed by atoms with E-state index in [-0.39, 0.29) is 0 Å². The van der Waals surface area contributed by atoms with Gasteiger partial charge in [0.25, 0.3) is 0 Å². The molecule has 0 aliphatic carbocycles. The number of nitrogens with zero attached hydrogens (tertiary/aromatic N) is 3. The molecule has 0 radical (unpaired) electrons. The van der Waals surface area contributed by atoms with Crippen LogP contribution >= 0.6 is 11.6 Å². The summed E-state index contributed by atoms with van der Waals surface area (Å²) in [6.45, 7) is 2.17. The maximum absolute atomic E-state index is 6.06. The Kier molecular flexibility index (Phi) is 5.87. The van der Waals surface area contributed by atoms with Crippen molar-refractivity contribution in [3.8, 4) is 5.75 Å². The lowest BCUT2D eigenvalue weighted by molar-refractivity contribution is 0.302. The van der Waals surface area contributed by atoms with Gasteiger partial charge in [0.1, 0.15) is 12.4 Å². The van der Waals surface area contributed by atoms with Gasteiger partial charge in [0.2, 0.25) is 11.8 Å². The molecule has 0 bridgehead atoms. The van der Waals surface area contributed by atoms with Crippen molar-refractivity contribution in [2.24, 2.45) is 0 Å². The summed E-state index contributed by atoms with van der Waals surface area (Å²) in [6, 6.07) is 27.5. The predicted molar refractivity (Wildman–Crippen MR) is 130 cm³/mol. The summed E-state index contributed by atoms with van der Waals surface area (Å²) >= 11 is 6.06. The number of fused-ring (bicyclic) bond motifs is 1. The standard InChI is InChI=1S/C27H20ClN3O2/c1-18-30-31-27(33-18)25(20-8-11-22(28)12-9-20)16-19-6-14-24(15-7-19)32-17-23-13-10-21-4-2-3-5-26(21)29-23/h2-16H,17H2,1H3. The minimum Gasteiger partial charge on any atom is -0.487 e. The van der Waals surface area contributed by atoms with Crippen molar-refractivity contribution in [2.75, 3.05) is 0 Å². The molecule has 0 aliphatic rings. The number of pyridine rings is 1. The summed E-state index contributed by atoms with van der Waals surface area (Å²) in [4.78, 5) is 4.66. The largest absolute Gasteiger partial charge is 0.487 e. The first-order valence-corrected chi connectivity index (χ1v) is 10.9. The summed E-state index contributed by atoms with van der Waals surface area (Å²) in [7, 11) is 0. The highest BCUT2D eigenvalue weighted by Crippen LogP contribution is 2.27. The van der Waals surface area contributed by atoms with Gasteiger partial charge >= 0.3 is 0 Å². The molecule has 5 nitrogen and oxygen atoms in total. The van der Waals surface area contributed by atoms with E-state index in [1.807, 2.05) is 84.9 Å². The molecule has 0 amide bonds. The molecule has 162 valence electrons. The van der Waals surface area contributed by atoms with Gasteiger partial charge < -0.3 is 9.15 Å². The Labute approximate surface area is 196 Å². The van der Waals surface area contributed by atoms with Gasteiger partial charge in [0.15, 0.2) is 0 Å². The Morgan fingerprint density at radius 1 is 0.909 bits per heavy atom. The van der Waals surface area contributed by atoms with Crippen molar-refractivity contribution in [2.45, 2.75) is 13.5 Å². The first-order valence-electron chi connectivity index (χ1n) is 10.5. The van der Waals surface area contributed by atoms with E-state index in [1.165, 1.54) is 0 Å². The van der Waals surface area contributed by atoms with E-state index < -0.39 is 0 Å². The number of benzene rings is 3. The van der Waals surface area contributed by atoms with Crippen molar-refractivity contribution in [3.05, 3.63) is 119 Å². The third-order valence-corrected chi connectivity index (χ3v) is 5.40. The van der Waals surface area contributed by atoms with Crippen molar-refractivity contribution in [1.29, 1.82) is 0 Å². The number of halogens is 1. The Bertz CT molecular complexity index is 1420. The molecule has 2 aromatic heterocycles. The molecule has 0 aliphatic heterocycles. The number of hydrogen-bond donors (Lipinski definition) is 0. The quantitative estimate of drug-likeness (QED) is 0.266. The van der Waals surface area contributed by atoms with Crippen molar-refractivity contribution >= 4 is 34.2 Å². The molecular formula is C27H20ClN3O2. The van der Waals surface area contributed by atoms with Gasteiger partial charge in [-0.1, -0.05) is 60.1 Å². The molecule has 0 atom stereocenters. The first kappa shape index (κ1) is 20.9. The van der Waals surface area contributed by atoms with Gasteiger partial charge in [-0.2, -0.15) is 0 Å². The van der Waals surface area contributed by atoms with E-state index in [2.05, 4.69) is 21.2 Å². The van der Waals surface area contributed by atoms with Crippen LogP contribution < -0.4 is 4.74 Å². The predicted octanol–water partition coefficient (Wildman–Crippen LogP) is 6.75. The Hall–Kier alpha value is -3.96. The molecule has 6 heteroatoms. The average Bonchev–Trinajstić information content (AvgIpc) is 3.28. The smallest absolute Gasteiger partial charge is 0.248 e. The van der Waals surface area contributed by atoms with E-state index in [0.29, 0.717) is 23.4 Å². The molecule has 0 saturated carbocycles. The first-order chi connectivity index (χ1) is 16.1. The summed E-state index contributed by atoms with van der Waals surface area (Å²) in [5.41, 5.74) is 4.58. The lowest BCUT2D eigenvalue weighted by Crippen LogP contribution is -1.98. The molecule has 5 aromatic rings. The Morgan fingerprint density at radius 2 is 1.70 bits per heavy atom. The highest BCUT2D eigenvalue weighted by molar-refractivity contribution is 6.30. The van der Waals surface area contributed by atoms with Crippen molar-refractivity contribution in [3.63, 3.8) is 0 Å². The van der Waals surface area contributed by atoms with Gasteiger partial charge in [0.05, 0.1) is 11.2 Å². The molecule has 3 aromatic carbocycles. The molecule has 0 unspecified atom stereocenters. The lowest BCUT2D eigenvalue weighted by Gasteiger charge is -2.08. The third-order valence-electron chi connectivity index (χ3n) is 5.15. The maximum atomic E-state index is 6.06. The molecular weight excluding hydrogens is 434 g/mol. The average molecular weight is 454 g/mol.